The second-order valence-corrected chi connectivity index (χ2v) is 3.01. The van der Waals surface area contributed by atoms with Gasteiger partial charge in [-0.25, -0.2) is 4.39 Å². The Morgan fingerprint density at radius 3 is 2.15 bits per heavy atom. The van der Waals surface area contributed by atoms with Crippen LogP contribution in [0.1, 0.15) is 11.1 Å². The van der Waals surface area contributed by atoms with Crippen LogP contribution in [0.3, 0.4) is 0 Å². The van der Waals surface area contributed by atoms with Crippen LogP contribution in [0.15, 0.2) is 18.2 Å². The largest absolute Gasteiger partial charge is 0.760 e. The van der Waals surface area contributed by atoms with Crippen molar-refractivity contribution in [2.24, 2.45) is 5.14 Å². The Bertz CT molecular complexity index is 300. The summed E-state index contributed by atoms with van der Waals surface area (Å²) < 4.78 is 29.9. The van der Waals surface area contributed by atoms with Crippen LogP contribution >= 0.6 is 0 Å². The van der Waals surface area contributed by atoms with Gasteiger partial charge < -0.3 is 4.55 Å². The molecular formula is C8H11FNO2S-. The molecule has 1 atom stereocenters. The lowest BCUT2D eigenvalue weighted by Gasteiger charge is -1.96. The second kappa shape index (κ2) is 5.80. The van der Waals surface area contributed by atoms with Gasteiger partial charge in [-0.1, -0.05) is 6.07 Å². The minimum atomic E-state index is -2.36. The Morgan fingerprint density at radius 1 is 1.38 bits per heavy atom. The van der Waals surface area contributed by atoms with Crippen molar-refractivity contribution in [3.8, 4) is 0 Å². The number of hydrogen-bond acceptors (Lipinski definition) is 2. The van der Waals surface area contributed by atoms with Crippen molar-refractivity contribution in [1.82, 2.24) is 0 Å². The summed E-state index contributed by atoms with van der Waals surface area (Å²) in [5.41, 5.74) is 2.14. The first kappa shape index (κ1) is 12.2. The lowest BCUT2D eigenvalue weighted by atomic mass is 10.1. The highest BCUT2D eigenvalue weighted by Gasteiger charge is 1.91. The first-order valence-electron chi connectivity index (χ1n) is 3.50. The van der Waals surface area contributed by atoms with Crippen molar-refractivity contribution in [1.29, 1.82) is 0 Å². The average Bonchev–Trinajstić information content (AvgIpc) is 1.96. The van der Waals surface area contributed by atoms with Gasteiger partial charge in [0.15, 0.2) is 0 Å². The highest BCUT2D eigenvalue weighted by atomic mass is 32.2. The molecular weight excluding hydrogens is 193 g/mol. The molecule has 0 radical (unpaired) electrons. The molecule has 74 valence electrons. The first-order chi connectivity index (χ1) is 5.93. The maximum atomic E-state index is 12.3. The van der Waals surface area contributed by atoms with Gasteiger partial charge in [0.2, 0.25) is 0 Å². The van der Waals surface area contributed by atoms with Gasteiger partial charge >= 0.3 is 0 Å². The molecule has 0 aromatic heterocycles. The Balaban J connectivity index is 0.000000310. The van der Waals surface area contributed by atoms with E-state index in [4.69, 9.17) is 8.76 Å². The van der Waals surface area contributed by atoms with Crippen LogP contribution in [0.25, 0.3) is 0 Å². The topological polar surface area (TPSA) is 66.2 Å². The number of benzene rings is 1. The third-order valence-electron chi connectivity index (χ3n) is 1.47. The number of aryl methyl sites for hydroxylation is 2. The molecule has 1 aromatic rings. The summed E-state index contributed by atoms with van der Waals surface area (Å²) in [5.74, 6) is -0.155. The van der Waals surface area contributed by atoms with E-state index in [-0.39, 0.29) is 5.82 Å². The Hall–Kier alpha value is -0.780. The predicted octanol–water partition coefficient (Wildman–Crippen LogP) is 1.18. The van der Waals surface area contributed by atoms with Crippen LogP contribution in [0.5, 0.6) is 0 Å². The average molecular weight is 204 g/mol. The molecule has 5 heteroatoms. The molecule has 3 nitrogen and oxygen atoms in total. The number of rotatable bonds is 0. The van der Waals surface area contributed by atoms with Crippen LogP contribution < -0.4 is 5.14 Å². The third kappa shape index (κ3) is 6.39. The van der Waals surface area contributed by atoms with Crippen LogP contribution in [0.4, 0.5) is 4.39 Å². The van der Waals surface area contributed by atoms with E-state index in [1.54, 1.807) is 6.07 Å². The minimum absolute atomic E-state index is 0.155. The van der Waals surface area contributed by atoms with Crippen LogP contribution in [0, 0.1) is 19.7 Å². The fraction of sp³-hybridized carbons (Fsp3) is 0.250. The van der Waals surface area contributed by atoms with E-state index < -0.39 is 11.3 Å². The number of nitrogens with two attached hydrogens (primary N) is 1. The van der Waals surface area contributed by atoms with Gasteiger partial charge in [0.1, 0.15) is 5.82 Å². The van der Waals surface area contributed by atoms with Crippen molar-refractivity contribution in [3.05, 3.63) is 35.1 Å². The van der Waals surface area contributed by atoms with Gasteiger partial charge in [0, 0.05) is 11.3 Å². The molecule has 0 heterocycles. The zero-order valence-electron chi connectivity index (χ0n) is 7.41. The van der Waals surface area contributed by atoms with Gasteiger partial charge in [-0.15, -0.1) is 0 Å². The molecule has 1 aromatic carbocycles. The summed E-state index contributed by atoms with van der Waals surface area (Å²) in [6.07, 6.45) is 0. The van der Waals surface area contributed by atoms with Crippen LogP contribution in [0.2, 0.25) is 0 Å². The molecule has 0 saturated carbocycles. The molecule has 1 rings (SSSR count). The first-order valence-corrected chi connectivity index (χ1v) is 4.63. The van der Waals surface area contributed by atoms with Crippen LogP contribution in [-0.4, -0.2) is 8.76 Å². The van der Waals surface area contributed by atoms with E-state index in [1.807, 2.05) is 13.8 Å². The minimum Gasteiger partial charge on any atom is -0.760 e. The smallest absolute Gasteiger partial charge is 0.123 e. The van der Waals surface area contributed by atoms with Gasteiger partial charge in [0.25, 0.3) is 0 Å². The van der Waals surface area contributed by atoms with Gasteiger partial charge in [0.05, 0.1) is 0 Å². The predicted molar refractivity (Wildman–Crippen MR) is 49.0 cm³/mol. The standard InChI is InChI=1S/C8H9F.H3NO2S/c1-6-3-4-8(9)5-7(6)2;1-4(2)3/h3-5H,1-2H3;1H2,(H,2,3)/p-1. The summed E-state index contributed by atoms with van der Waals surface area (Å²) in [4.78, 5) is 0. The maximum absolute atomic E-state index is 12.3. The van der Waals surface area contributed by atoms with Gasteiger partial charge in [-0.3, -0.25) is 9.35 Å². The van der Waals surface area contributed by atoms with E-state index in [1.165, 1.54) is 12.1 Å². The van der Waals surface area contributed by atoms with Crippen molar-refractivity contribution < 1.29 is 13.2 Å². The molecule has 0 aliphatic carbocycles. The van der Waals surface area contributed by atoms with Crippen molar-refractivity contribution in [3.63, 3.8) is 0 Å². The highest BCUT2D eigenvalue weighted by molar-refractivity contribution is 7.76. The Kier molecular flexibility index (Phi) is 5.45. The quantitative estimate of drug-likeness (QED) is 0.645. The monoisotopic (exact) mass is 204 g/mol. The normalized spacial score (nSPS) is 11.5. The molecule has 0 aliphatic heterocycles. The fourth-order valence-electron chi connectivity index (χ4n) is 0.705. The SMILES string of the molecule is Cc1ccc(F)cc1C.NS(=O)[O-]. The lowest BCUT2D eigenvalue weighted by Crippen LogP contribution is -1.97. The van der Waals surface area contributed by atoms with Crippen molar-refractivity contribution in [2.45, 2.75) is 13.8 Å². The van der Waals surface area contributed by atoms with Gasteiger partial charge in [-0.05, 0) is 37.1 Å². The van der Waals surface area contributed by atoms with Gasteiger partial charge in [-0.2, -0.15) is 0 Å². The van der Waals surface area contributed by atoms with Crippen molar-refractivity contribution in [2.75, 3.05) is 0 Å². The number of hydrogen-bond donors (Lipinski definition) is 1. The summed E-state index contributed by atoms with van der Waals surface area (Å²) >= 11 is -2.36. The van der Waals surface area contributed by atoms with Crippen LogP contribution in [-0.2, 0) is 11.3 Å². The third-order valence-corrected chi connectivity index (χ3v) is 1.47. The molecule has 1 unspecified atom stereocenters. The molecule has 0 bridgehead atoms. The molecule has 2 N–H and O–H groups in total. The summed E-state index contributed by atoms with van der Waals surface area (Å²) in [6.45, 7) is 3.87. The van der Waals surface area contributed by atoms with E-state index in [2.05, 4.69) is 5.14 Å². The maximum Gasteiger partial charge on any atom is 0.123 e. The molecule has 13 heavy (non-hydrogen) atoms. The van der Waals surface area contributed by atoms with E-state index in [0.717, 1.165) is 11.1 Å². The Labute approximate surface area is 79.2 Å². The van der Waals surface area contributed by atoms with E-state index in [0.29, 0.717) is 0 Å². The summed E-state index contributed by atoms with van der Waals surface area (Å²) in [7, 11) is 0. The lowest BCUT2D eigenvalue weighted by molar-refractivity contribution is 0.539. The second-order valence-electron chi connectivity index (χ2n) is 2.49. The zero-order valence-corrected chi connectivity index (χ0v) is 8.23. The zero-order chi connectivity index (χ0) is 10.4. The summed E-state index contributed by atoms with van der Waals surface area (Å²) in [6, 6.07) is 4.79. The highest BCUT2D eigenvalue weighted by Crippen LogP contribution is 2.07. The molecule has 0 spiro atoms. The Morgan fingerprint density at radius 2 is 1.85 bits per heavy atom. The molecule has 0 aliphatic rings. The summed E-state index contributed by atoms with van der Waals surface area (Å²) in [5, 5.41) is 4.03. The fourth-order valence-corrected chi connectivity index (χ4v) is 0.705. The molecule has 0 fully saturated rings. The van der Waals surface area contributed by atoms with Crippen molar-refractivity contribution >= 4 is 11.3 Å². The molecule has 0 saturated heterocycles. The van der Waals surface area contributed by atoms with E-state index >= 15 is 0 Å². The molecule has 0 amide bonds. The van der Waals surface area contributed by atoms with E-state index in [9.17, 15) is 4.39 Å². The number of halogens is 1.